The minimum Gasteiger partial charge on any atom is -0.477 e. The minimum absolute atomic E-state index is 0.000255. The van der Waals surface area contributed by atoms with Crippen LogP contribution in [0.4, 0.5) is 0 Å². The number of hydrogen-bond acceptors (Lipinski definition) is 4. The number of thiophene rings is 1. The van der Waals surface area contributed by atoms with Gasteiger partial charge < -0.3 is 5.11 Å². The van der Waals surface area contributed by atoms with E-state index in [1.807, 2.05) is 0 Å². The number of ketones is 1. The van der Waals surface area contributed by atoms with Crippen molar-refractivity contribution >= 4 is 23.1 Å². The molecule has 0 saturated heterocycles. The van der Waals surface area contributed by atoms with Crippen LogP contribution in [-0.2, 0) is 0 Å². The van der Waals surface area contributed by atoms with Crippen molar-refractivity contribution < 1.29 is 14.7 Å². The molecule has 0 unspecified atom stereocenters. The summed E-state index contributed by atoms with van der Waals surface area (Å²) in [5, 5.41) is 8.84. The van der Waals surface area contributed by atoms with Crippen LogP contribution in [0.3, 0.4) is 0 Å². The van der Waals surface area contributed by atoms with E-state index in [0.717, 1.165) is 4.88 Å². The number of Topliss-reactive ketones (excluding diaryl/α,β-unsaturated/α-hetero) is 1. The zero-order valence-electron chi connectivity index (χ0n) is 9.01. The Kier molecular flexibility index (Phi) is 3.01. The van der Waals surface area contributed by atoms with Crippen LogP contribution in [-0.4, -0.2) is 21.8 Å². The Hall–Kier alpha value is -2.01. The van der Waals surface area contributed by atoms with Crippen molar-refractivity contribution in [2.75, 3.05) is 0 Å². The van der Waals surface area contributed by atoms with Crippen LogP contribution in [0, 0.1) is 0 Å². The van der Waals surface area contributed by atoms with Gasteiger partial charge in [-0.15, -0.1) is 11.3 Å². The van der Waals surface area contributed by atoms with Gasteiger partial charge >= 0.3 is 5.97 Å². The maximum atomic E-state index is 11.2. The van der Waals surface area contributed by atoms with Crippen LogP contribution in [0.25, 0.3) is 10.6 Å². The molecule has 0 fully saturated rings. The number of carboxylic acids is 1. The third-order valence-corrected chi connectivity index (χ3v) is 3.38. The summed E-state index contributed by atoms with van der Waals surface area (Å²) in [6.45, 7) is 1.50. The summed E-state index contributed by atoms with van der Waals surface area (Å²) in [5.41, 5.74) is 0.572. The Morgan fingerprint density at radius 1 is 1.24 bits per heavy atom. The molecule has 0 aliphatic carbocycles. The number of aromatic carboxylic acids is 1. The molecule has 1 N–H and O–H groups in total. The largest absolute Gasteiger partial charge is 0.477 e. The van der Waals surface area contributed by atoms with Crippen LogP contribution in [0.1, 0.15) is 27.1 Å². The highest BCUT2D eigenvalue weighted by Gasteiger charge is 2.10. The molecule has 0 saturated carbocycles. The Morgan fingerprint density at radius 2 is 2.00 bits per heavy atom. The highest BCUT2D eigenvalue weighted by atomic mass is 32.1. The van der Waals surface area contributed by atoms with Crippen LogP contribution in [0.15, 0.2) is 30.3 Å². The van der Waals surface area contributed by atoms with Crippen molar-refractivity contribution in [3.8, 4) is 10.6 Å². The topological polar surface area (TPSA) is 67.3 Å². The van der Waals surface area contributed by atoms with Crippen LogP contribution >= 0.6 is 11.3 Å². The van der Waals surface area contributed by atoms with Gasteiger partial charge in [0.15, 0.2) is 5.78 Å². The van der Waals surface area contributed by atoms with E-state index in [2.05, 4.69) is 4.98 Å². The molecular formula is C12H9NO3S. The second-order valence-corrected chi connectivity index (χ2v) is 4.52. The van der Waals surface area contributed by atoms with Crippen LogP contribution < -0.4 is 0 Å². The van der Waals surface area contributed by atoms with Gasteiger partial charge in [-0.25, -0.2) is 9.78 Å². The van der Waals surface area contributed by atoms with Gasteiger partial charge in [-0.3, -0.25) is 4.79 Å². The number of carboxylic acid groups (broad SMARTS) is 1. The smallest absolute Gasteiger partial charge is 0.354 e. The molecule has 5 heteroatoms. The highest BCUT2D eigenvalue weighted by molar-refractivity contribution is 7.17. The van der Waals surface area contributed by atoms with Gasteiger partial charge in [0.05, 0.1) is 15.4 Å². The molecule has 0 spiro atoms. The second kappa shape index (κ2) is 4.47. The van der Waals surface area contributed by atoms with Crippen molar-refractivity contribution in [3.63, 3.8) is 0 Å². The standard InChI is InChI=1S/C12H9NO3S/c1-7(14)10-5-6-11(17-10)8-3-2-4-9(13-8)12(15)16/h2-6H,1H3,(H,15,16). The Bertz CT molecular complexity index is 589. The van der Waals surface area contributed by atoms with Crippen molar-refractivity contribution in [1.82, 2.24) is 4.98 Å². The van der Waals surface area contributed by atoms with E-state index < -0.39 is 5.97 Å². The number of aromatic nitrogens is 1. The van der Waals surface area contributed by atoms with Crippen molar-refractivity contribution in [2.24, 2.45) is 0 Å². The molecule has 2 aromatic rings. The summed E-state index contributed by atoms with van der Waals surface area (Å²) < 4.78 is 0. The van der Waals surface area contributed by atoms with E-state index in [4.69, 9.17) is 5.11 Å². The van der Waals surface area contributed by atoms with Crippen LogP contribution in [0.2, 0.25) is 0 Å². The molecule has 17 heavy (non-hydrogen) atoms. The molecular weight excluding hydrogens is 238 g/mol. The summed E-state index contributed by atoms with van der Waals surface area (Å²) >= 11 is 1.31. The average molecular weight is 247 g/mol. The van der Waals surface area contributed by atoms with Gasteiger partial charge in [-0.05, 0) is 31.2 Å². The fourth-order valence-corrected chi connectivity index (χ4v) is 2.23. The summed E-state index contributed by atoms with van der Waals surface area (Å²) in [6.07, 6.45) is 0. The number of pyridine rings is 1. The van der Waals surface area contributed by atoms with Crippen LogP contribution in [0.5, 0.6) is 0 Å². The van der Waals surface area contributed by atoms with Gasteiger partial charge in [-0.1, -0.05) is 6.07 Å². The maximum absolute atomic E-state index is 11.2. The average Bonchev–Trinajstić information content (AvgIpc) is 2.78. The molecule has 0 aromatic carbocycles. The molecule has 0 atom stereocenters. The number of rotatable bonds is 3. The first-order valence-corrected chi connectivity index (χ1v) is 5.71. The first kappa shape index (κ1) is 11.5. The minimum atomic E-state index is -1.06. The predicted molar refractivity (Wildman–Crippen MR) is 64.5 cm³/mol. The summed E-state index contributed by atoms with van der Waals surface area (Å²) in [7, 11) is 0. The zero-order chi connectivity index (χ0) is 12.4. The van der Waals surface area contributed by atoms with Crippen molar-refractivity contribution in [3.05, 3.63) is 40.9 Å². The summed E-state index contributed by atoms with van der Waals surface area (Å²) in [5.74, 6) is -1.06. The summed E-state index contributed by atoms with van der Waals surface area (Å²) in [6, 6.07) is 8.29. The monoisotopic (exact) mass is 247 g/mol. The Labute approximate surface area is 102 Å². The van der Waals surface area contributed by atoms with E-state index in [9.17, 15) is 9.59 Å². The molecule has 0 aliphatic heterocycles. The van der Waals surface area contributed by atoms with E-state index in [1.54, 1.807) is 24.3 Å². The lowest BCUT2D eigenvalue weighted by Gasteiger charge is -1.98. The Balaban J connectivity index is 2.42. The predicted octanol–water partition coefficient (Wildman–Crippen LogP) is 2.71. The fraction of sp³-hybridized carbons (Fsp3) is 0.0833. The quantitative estimate of drug-likeness (QED) is 0.847. The van der Waals surface area contributed by atoms with Gasteiger partial charge in [-0.2, -0.15) is 0 Å². The molecule has 0 aliphatic rings. The lowest BCUT2D eigenvalue weighted by Crippen LogP contribution is -1.99. The molecule has 2 heterocycles. The number of hydrogen-bond donors (Lipinski definition) is 1. The normalized spacial score (nSPS) is 10.2. The van der Waals surface area contributed by atoms with Gasteiger partial charge in [0.1, 0.15) is 5.69 Å². The third-order valence-electron chi connectivity index (χ3n) is 2.17. The Morgan fingerprint density at radius 3 is 2.59 bits per heavy atom. The molecule has 86 valence electrons. The van der Waals surface area contributed by atoms with Gasteiger partial charge in [0, 0.05) is 0 Å². The van der Waals surface area contributed by atoms with Crippen molar-refractivity contribution in [2.45, 2.75) is 6.92 Å². The highest BCUT2D eigenvalue weighted by Crippen LogP contribution is 2.26. The lowest BCUT2D eigenvalue weighted by molar-refractivity contribution is 0.0690. The first-order valence-electron chi connectivity index (χ1n) is 4.89. The van der Waals surface area contributed by atoms with E-state index in [-0.39, 0.29) is 11.5 Å². The fourth-order valence-electron chi connectivity index (χ4n) is 1.36. The van der Waals surface area contributed by atoms with Gasteiger partial charge in [0.2, 0.25) is 0 Å². The maximum Gasteiger partial charge on any atom is 0.354 e. The summed E-state index contributed by atoms with van der Waals surface area (Å²) in [4.78, 5) is 27.4. The second-order valence-electron chi connectivity index (χ2n) is 3.43. The number of carbonyl (C=O) groups is 2. The van der Waals surface area contributed by atoms with Gasteiger partial charge in [0.25, 0.3) is 0 Å². The SMILES string of the molecule is CC(=O)c1ccc(-c2cccc(C(=O)O)n2)s1. The van der Waals surface area contributed by atoms with E-state index in [1.165, 1.54) is 24.3 Å². The molecule has 0 bridgehead atoms. The molecule has 2 aromatic heterocycles. The number of nitrogens with zero attached hydrogens (tertiary/aromatic N) is 1. The first-order chi connectivity index (χ1) is 8.08. The third kappa shape index (κ3) is 2.39. The molecule has 4 nitrogen and oxygen atoms in total. The van der Waals surface area contributed by atoms with E-state index >= 15 is 0 Å². The molecule has 0 amide bonds. The molecule has 2 rings (SSSR count). The molecule has 0 radical (unpaired) electrons. The van der Waals surface area contributed by atoms with E-state index in [0.29, 0.717) is 10.6 Å². The van der Waals surface area contributed by atoms with Crippen molar-refractivity contribution in [1.29, 1.82) is 0 Å². The zero-order valence-corrected chi connectivity index (χ0v) is 9.82. The number of carbonyl (C=O) groups excluding carboxylic acids is 1. The lowest BCUT2D eigenvalue weighted by atomic mass is 10.2.